The lowest BCUT2D eigenvalue weighted by Gasteiger charge is -2.46. The maximum atomic E-state index is 10.7. The van der Waals surface area contributed by atoms with E-state index < -0.39 is 74.3 Å². The number of ether oxygens (including phenoxy) is 3. The van der Waals surface area contributed by atoms with Crippen molar-refractivity contribution >= 4 is 0 Å². The van der Waals surface area contributed by atoms with Crippen LogP contribution in [0.2, 0.25) is 0 Å². The highest BCUT2D eigenvalue weighted by atomic mass is 16.7. The summed E-state index contributed by atoms with van der Waals surface area (Å²) in [4.78, 5) is 0. The molecule has 0 bridgehead atoms. The van der Waals surface area contributed by atoms with Gasteiger partial charge in [0.15, 0.2) is 0 Å². The lowest BCUT2D eigenvalue weighted by atomic mass is 9.81. The summed E-state index contributed by atoms with van der Waals surface area (Å²) in [6, 6.07) is 5.75. The van der Waals surface area contributed by atoms with Gasteiger partial charge in [-0.3, -0.25) is 0 Å². The Morgan fingerprint density at radius 1 is 0.767 bits per heavy atom. The van der Waals surface area contributed by atoms with E-state index in [0.29, 0.717) is 0 Å². The molecule has 11 nitrogen and oxygen atoms in total. The van der Waals surface area contributed by atoms with Crippen molar-refractivity contribution < 1.29 is 55.1 Å². The standard InChI is InChI=1S/C19H28O11/c20-6-12-14(23)10(5-11-16(25)18(27)17(26)13(7-21)29-11)15(24)19(30-12)28-9-3-1-2-8(22)4-9/h1-4,10-27H,5-7H2/t10-,11+,12+,13+,14-,15-,16+,17+,18+,19-/m0/s1. The molecule has 170 valence electrons. The molecule has 0 saturated carbocycles. The minimum absolute atomic E-state index is 0.0746. The van der Waals surface area contributed by atoms with Gasteiger partial charge >= 0.3 is 0 Å². The van der Waals surface area contributed by atoms with E-state index in [9.17, 15) is 40.9 Å². The largest absolute Gasteiger partial charge is 0.508 e. The van der Waals surface area contributed by atoms with Crippen LogP contribution in [0.1, 0.15) is 6.42 Å². The van der Waals surface area contributed by atoms with Crippen molar-refractivity contribution in [2.45, 2.75) is 61.5 Å². The second kappa shape index (κ2) is 9.73. The Hall–Kier alpha value is -1.54. The third kappa shape index (κ3) is 4.69. The molecular formula is C19H28O11. The summed E-state index contributed by atoms with van der Waals surface area (Å²) in [5.74, 6) is -0.909. The van der Waals surface area contributed by atoms with Crippen LogP contribution in [0.4, 0.5) is 0 Å². The predicted molar refractivity (Wildman–Crippen MR) is 98.4 cm³/mol. The van der Waals surface area contributed by atoms with E-state index in [4.69, 9.17) is 14.2 Å². The highest BCUT2D eigenvalue weighted by Crippen LogP contribution is 2.35. The van der Waals surface area contributed by atoms with Gasteiger partial charge < -0.3 is 55.1 Å². The lowest BCUT2D eigenvalue weighted by Crippen LogP contribution is -2.62. The zero-order valence-electron chi connectivity index (χ0n) is 16.0. The first-order valence-corrected chi connectivity index (χ1v) is 9.65. The van der Waals surface area contributed by atoms with Crippen LogP contribution < -0.4 is 4.74 Å². The molecule has 2 aliphatic heterocycles. The molecule has 1 aromatic carbocycles. The first-order valence-electron chi connectivity index (χ1n) is 9.65. The summed E-state index contributed by atoms with van der Waals surface area (Å²) < 4.78 is 16.5. The van der Waals surface area contributed by atoms with Gasteiger partial charge in [0.05, 0.1) is 25.4 Å². The Kier molecular flexibility index (Phi) is 7.50. The summed E-state index contributed by atoms with van der Waals surface area (Å²) in [6.45, 7) is -1.19. The molecule has 11 heteroatoms. The zero-order valence-corrected chi connectivity index (χ0v) is 16.0. The summed E-state index contributed by atoms with van der Waals surface area (Å²) >= 11 is 0. The first-order chi connectivity index (χ1) is 14.3. The number of phenols is 1. The summed E-state index contributed by atoms with van der Waals surface area (Å²) in [6.07, 6.45) is -12.3. The van der Waals surface area contributed by atoms with E-state index in [2.05, 4.69) is 0 Å². The van der Waals surface area contributed by atoms with Crippen molar-refractivity contribution in [1.82, 2.24) is 0 Å². The molecule has 0 amide bonds. The highest BCUT2D eigenvalue weighted by Gasteiger charge is 2.50. The molecule has 0 unspecified atom stereocenters. The van der Waals surface area contributed by atoms with Crippen molar-refractivity contribution in [2.75, 3.05) is 13.2 Å². The third-order valence-electron chi connectivity index (χ3n) is 5.59. The number of phenolic OH excluding ortho intramolecular Hbond substituents is 1. The topological polar surface area (TPSA) is 190 Å². The molecule has 0 aromatic heterocycles. The monoisotopic (exact) mass is 432 g/mol. The molecule has 30 heavy (non-hydrogen) atoms. The molecule has 1 aromatic rings. The average molecular weight is 432 g/mol. The number of rotatable bonds is 6. The van der Waals surface area contributed by atoms with Gasteiger partial charge in [-0.1, -0.05) is 6.07 Å². The van der Waals surface area contributed by atoms with Crippen LogP contribution in [-0.4, -0.2) is 109 Å². The molecule has 10 atom stereocenters. The van der Waals surface area contributed by atoms with Crippen LogP contribution in [-0.2, 0) is 9.47 Å². The second-order valence-corrected chi connectivity index (χ2v) is 7.59. The minimum atomic E-state index is -1.59. The van der Waals surface area contributed by atoms with Crippen LogP contribution in [0.3, 0.4) is 0 Å². The van der Waals surface area contributed by atoms with Crippen molar-refractivity contribution in [3.8, 4) is 11.5 Å². The third-order valence-corrected chi connectivity index (χ3v) is 5.59. The van der Waals surface area contributed by atoms with E-state index in [1.807, 2.05) is 0 Å². The molecule has 0 spiro atoms. The van der Waals surface area contributed by atoms with Gasteiger partial charge in [-0.2, -0.15) is 0 Å². The fraction of sp³-hybridized carbons (Fsp3) is 0.684. The van der Waals surface area contributed by atoms with Gasteiger partial charge in [0, 0.05) is 12.0 Å². The molecular weight excluding hydrogens is 404 g/mol. The molecule has 0 aliphatic carbocycles. The quantitative estimate of drug-likeness (QED) is 0.229. The van der Waals surface area contributed by atoms with Crippen LogP contribution in [0.15, 0.2) is 24.3 Å². The maximum absolute atomic E-state index is 10.7. The van der Waals surface area contributed by atoms with Gasteiger partial charge in [0.2, 0.25) is 6.29 Å². The number of hydrogen-bond acceptors (Lipinski definition) is 11. The van der Waals surface area contributed by atoms with E-state index in [1.54, 1.807) is 0 Å². The lowest BCUT2D eigenvalue weighted by molar-refractivity contribution is -0.278. The number of hydrogen-bond donors (Lipinski definition) is 8. The predicted octanol–water partition coefficient (Wildman–Crippen LogP) is -2.94. The number of aliphatic hydroxyl groups is 7. The average Bonchev–Trinajstić information content (AvgIpc) is 2.73. The first kappa shape index (κ1) is 23.1. The fourth-order valence-electron chi connectivity index (χ4n) is 3.87. The molecule has 0 radical (unpaired) electrons. The van der Waals surface area contributed by atoms with Crippen LogP contribution in [0.5, 0.6) is 11.5 Å². The molecule has 3 rings (SSSR count). The van der Waals surface area contributed by atoms with Gasteiger partial charge in [-0.25, -0.2) is 0 Å². The van der Waals surface area contributed by atoms with Gasteiger partial charge in [0.1, 0.15) is 48.1 Å². The van der Waals surface area contributed by atoms with Crippen LogP contribution in [0, 0.1) is 5.92 Å². The Morgan fingerprint density at radius 2 is 1.40 bits per heavy atom. The minimum Gasteiger partial charge on any atom is -0.508 e. The zero-order chi connectivity index (χ0) is 22.0. The Labute approximate surface area is 172 Å². The van der Waals surface area contributed by atoms with Crippen molar-refractivity contribution in [3.63, 3.8) is 0 Å². The SMILES string of the molecule is OC[C@H]1O[C@H](C[C@@H]2[C@H](O)[C@@H](Oc3cccc(O)c3)O[C@H](CO)[C@H]2O)[C@@H](O)[C@@H](O)[C@@H]1O. The molecule has 2 fully saturated rings. The van der Waals surface area contributed by atoms with E-state index in [1.165, 1.54) is 24.3 Å². The van der Waals surface area contributed by atoms with Crippen molar-refractivity contribution in [2.24, 2.45) is 5.92 Å². The second-order valence-electron chi connectivity index (χ2n) is 7.59. The summed E-state index contributed by atoms with van der Waals surface area (Å²) in [5.41, 5.74) is 0. The molecule has 2 heterocycles. The van der Waals surface area contributed by atoms with Gasteiger partial charge in [0.25, 0.3) is 0 Å². The Balaban J connectivity index is 1.77. The Morgan fingerprint density at radius 3 is 2.03 bits per heavy atom. The summed E-state index contributed by atoms with van der Waals surface area (Å²) in [5, 5.41) is 79.9. The smallest absolute Gasteiger partial charge is 0.226 e. The summed E-state index contributed by atoms with van der Waals surface area (Å²) in [7, 11) is 0. The molecule has 2 saturated heterocycles. The Bertz CT molecular complexity index is 686. The van der Waals surface area contributed by atoms with Crippen molar-refractivity contribution in [3.05, 3.63) is 24.3 Å². The van der Waals surface area contributed by atoms with E-state index >= 15 is 0 Å². The van der Waals surface area contributed by atoms with Crippen molar-refractivity contribution in [1.29, 1.82) is 0 Å². The molecule has 8 N–H and O–H groups in total. The van der Waals surface area contributed by atoms with Gasteiger partial charge in [-0.05, 0) is 18.6 Å². The van der Waals surface area contributed by atoms with Crippen LogP contribution in [0.25, 0.3) is 0 Å². The fourth-order valence-corrected chi connectivity index (χ4v) is 3.87. The normalized spacial score (nSPS) is 42.1. The van der Waals surface area contributed by atoms with E-state index in [0.717, 1.165) is 0 Å². The number of aromatic hydroxyl groups is 1. The molecule has 2 aliphatic rings. The van der Waals surface area contributed by atoms with Crippen LogP contribution >= 0.6 is 0 Å². The van der Waals surface area contributed by atoms with Gasteiger partial charge in [-0.15, -0.1) is 0 Å². The number of aliphatic hydroxyl groups excluding tert-OH is 7. The number of benzene rings is 1. The van der Waals surface area contributed by atoms with E-state index in [-0.39, 0.29) is 17.9 Å². The maximum Gasteiger partial charge on any atom is 0.226 e. The highest BCUT2D eigenvalue weighted by molar-refractivity contribution is 5.31.